The Morgan fingerprint density at radius 2 is 1.95 bits per heavy atom. The van der Waals surface area contributed by atoms with Crippen LogP contribution in [0.25, 0.3) is 0 Å². The van der Waals surface area contributed by atoms with Crippen molar-refractivity contribution in [1.29, 1.82) is 0 Å². The molecule has 0 spiro atoms. The normalized spacial score (nSPS) is 12.4. The molecule has 0 aliphatic rings. The fourth-order valence-electron chi connectivity index (χ4n) is 2.00. The lowest BCUT2D eigenvalue weighted by Gasteiger charge is -2.16. The summed E-state index contributed by atoms with van der Waals surface area (Å²) in [6.45, 7) is 0. The second-order valence-electron chi connectivity index (χ2n) is 4.46. The summed E-state index contributed by atoms with van der Waals surface area (Å²) in [6, 6.07) is 9.92. The van der Waals surface area contributed by atoms with Crippen molar-refractivity contribution in [3.05, 3.63) is 65.5 Å². The van der Waals surface area contributed by atoms with Crippen LogP contribution in [-0.4, -0.2) is 18.1 Å². The van der Waals surface area contributed by atoms with E-state index in [1.807, 2.05) is 25.2 Å². The highest BCUT2D eigenvalue weighted by Gasteiger charge is 2.11. The molecule has 2 aromatic rings. The third kappa shape index (κ3) is 3.83. The molecule has 0 saturated carbocycles. The number of hydrogen-bond donors (Lipinski definition) is 1. The Morgan fingerprint density at radius 1 is 1.11 bits per heavy atom. The minimum atomic E-state index is -0.811. The molecule has 1 aromatic carbocycles. The average Bonchev–Trinajstić information content (AvgIpc) is 2.43. The number of likely N-dealkylation sites (N-methyl/N-ethyl adjacent to an activating group) is 1. The van der Waals surface area contributed by atoms with Gasteiger partial charge < -0.3 is 5.32 Å². The Hall–Kier alpha value is -1.81. The van der Waals surface area contributed by atoms with Crippen molar-refractivity contribution in [2.75, 3.05) is 7.05 Å². The summed E-state index contributed by atoms with van der Waals surface area (Å²) in [4.78, 5) is 4.27. The van der Waals surface area contributed by atoms with Gasteiger partial charge in [0.1, 0.15) is 0 Å². The summed E-state index contributed by atoms with van der Waals surface area (Å²) in [7, 11) is 1.85. The van der Waals surface area contributed by atoms with Crippen LogP contribution in [0.1, 0.15) is 11.3 Å². The lowest BCUT2D eigenvalue weighted by atomic mass is 10.0. The third-order valence-corrected chi connectivity index (χ3v) is 3.06. The number of nitrogens with one attached hydrogen (secondary N) is 1. The topological polar surface area (TPSA) is 24.9 Å². The molecule has 2 rings (SSSR count). The molecule has 1 unspecified atom stereocenters. The van der Waals surface area contributed by atoms with Gasteiger partial charge in [-0.15, -0.1) is 0 Å². The molecule has 1 aromatic heterocycles. The zero-order valence-electron chi connectivity index (χ0n) is 10.7. The minimum Gasteiger partial charge on any atom is -0.316 e. The Labute approximate surface area is 111 Å². The molecule has 0 amide bonds. The van der Waals surface area contributed by atoms with Crippen LogP contribution in [0.2, 0.25) is 0 Å². The molecule has 0 aliphatic heterocycles. The maximum Gasteiger partial charge on any atom is 0.159 e. The first kappa shape index (κ1) is 13.6. The monoisotopic (exact) mass is 262 g/mol. The molecule has 0 radical (unpaired) electrons. The van der Waals surface area contributed by atoms with Crippen LogP contribution in [0.15, 0.2) is 42.6 Å². The van der Waals surface area contributed by atoms with E-state index < -0.39 is 11.6 Å². The Balaban J connectivity index is 2.04. The zero-order chi connectivity index (χ0) is 13.7. The van der Waals surface area contributed by atoms with E-state index in [1.165, 1.54) is 6.07 Å². The van der Waals surface area contributed by atoms with Crippen molar-refractivity contribution in [3.63, 3.8) is 0 Å². The van der Waals surface area contributed by atoms with E-state index in [9.17, 15) is 8.78 Å². The van der Waals surface area contributed by atoms with Gasteiger partial charge in [0.15, 0.2) is 11.6 Å². The van der Waals surface area contributed by atoms with Gasteiger partial charge >= 0.3 is 0 Å². The lowest BCUT2D eigenvalue weighted by Crippen LogP contribution is -2.30. The third-order valence-electron chi connectivity index (χ3n) is 3.06. The fraction of sp³-hybridized carbons (Fsp3) is 0.267. The second kappa shape index (κ2) is 6.38. The molecule has 0 aliphatic carbocycles. The van der Waals surface area contributed by atoms with Gasteiger partial charge in [-0.2, -0.15) is 0 Å². The number of aromatic nitrogens is 1. The molecule has 0 saturated heterocycles. The SMILES string of the molecule is CNC(Cc1ccc(F)c(F)c1)Cc1ccccn1. The lowest BCUT2D eigenvalue weighted by molar-refractivity contribution is 0.502. The number of halogens is 2. The van der Waals surface area contributed by atoms with Crippen molar-refractivity contribution >= 4 is 0 Å². The summed E-state index contributed by atoms with van der Waals surface area (Å²) >= 11 is 0. The predicted molar refractivity (Wildman–Crippen MR) is 70.9 cm³/mol. The molecule has 1 heterocycles. The highest BCUT2D eigenvalue weighted by atomic mass is 19.2. The van der Waals surface area contributed by atoms with E-state index in [0.717, 1.165) is 23.7 Å². The molecular weight excluding hydrogens is 246 g/mol. The Kier molecular flexibility index (Phi) is 4.58. The van der Waals surface area contributed by atoms with Gasteiger partial charge in [-0.05, 0) is 43.3 Å². The summed E-state index contributed by atoms with van der Waals surface area (Å²) in [5.41, 5.74) is 1.75. The summed E-state index contributed by atoms with van der Waals surface area (Å²) < 4.78 is 26.0. The molecule has 1 N–H and O–H groups in total. The van der Waals surface area contributed by atoms with E-state index in [0.29, 0.717) is 6.42 Å². The first-order valence-corrected chi connectivity index (χ1v) is 6.20. The number of nitrogens with zero attached hydrogens (tertiary/aromatic N) is 1. The van der Waals surface area contributed by atoms with Gasteiger partial charge in [0.25, 0.3) is 0 Å². The van der Waals surface area contributed by atoms with Crippen molar-refractivity contribution < 1.29 is 8.78 Å². The van der Waals surface area contributed by atoms with Crippen LogP contribution in [-0.2, 0) is 12.8 Å². The van der Waals surface area contributed by atoms with Crippen LogP contribution in [0.4, 0.5) is 8.78 Å². The summed E-state index contributed by atoms with van der Waals surface area (Å²) in [5, 5.41) is 3.18. The largest absolute Gasteiger partial charge is 0.316 e. The van der Waals surface area contributed by atoms with Gasteiger partial charge in [0.2, 0.25) is 0 Å². The first-order chi connectivity index (χ1) is 9.19. The van der Waals surface area contributed by atoms with Crippen molar-refractivity contribution in [3.8, 4) is 0 Å². The Bertz CT molecular complexity index is 529. The minimum absolute atomic E-state index is 0.139. The zero-order valence-corrected chi connectivity index (χ0v) is 10.7. The molecule has 4 heteroatoms. The molecule has 2 nitrogen and oxygen atoms in total. The number of hydrogen-bond acceptors (Lipinski definition) is 2. The fourth-order valence-corrected chi connectivity index (χ4v) is 2.00. The summed E-state index contributed by atoms with van der Waals surface area (Å²) in [5.74, 6) is -1.61. The highest BCUT2D eigenvalue weighted by molar-refractivity contribution is 5.19. The van der Waals surface area contributed by atoms with E-state index in [1.54, 1.807) is 12.3 Å². The number of benzene rings is 1. The van der Waals surface area contributed by atoms with E-state index in [2.05, 4.69) is 10.3 Å². The van der Waals surface area contributed by atoms with Gasteiger partial charge in [-0.3, -0.25) is 4.98 Å². The maximum absolute atomic E-state index is 13.2. The molecule has 100 valence electrons. The molecule has 1 atom stereocenters. The number of pyridine rings is 1. The van der Waals surface area contributed by atoms with Crippen LogP contribution in [0, 0.1) is 11.6 Å². The maximum atomic E-state index is 13.2. The summed E-state index contributed by atoms with van der Waals surface area (Å²) in [6.07, 6.45) is 3.13. The first-order valence-electron chi connectivity index (χ1n) is 6.20. The van der Waals surface area contributed by atoms with Gasteiger partial charge in [-0.25, -0.2) is 8.78 Å². The molecular formula is C15H16F2N2. The van der Waals surface area contributed by atoms with Gasteiger partial charge in [0.05, 0.1) is 0 Å². The smallest absolute Gasteiger partial charge is 0.159 e. The van der Waals surface area contributed by atoms with Crippen LogP contribution in [0.3, 0.4) is 0 Å². The van der Waals surface area contributed by atoms with Gasteiger partial charge in [-0.1, -0.05) is 12.1 Å². The molecule has 0 fully saturated rings. The van der Waals surface area contributed by atoms with Crippen LogP contribution in [0.5, 0.6) is 0 Å². The van der Waals surface area contributed by atoms with Crippen LogP contribution >= 0.6 is 0 Å². The van der Waals surface area contributed by atoms with E-state index in [-0.39, 0.29) is 6.04 Å². The standard InChI is InChI=1S/C15H16F2N2/c1-18-13(10-12-4-2-3-7-19-12)8-11-5-6-14(16)15(17)9-11/h2-7,9,13,18H,8,10H2,1H3. The van der Waals surface area contributed by atoms with Crippen LogP contribution < -0.4 is 5.32 Å². The van der Waals surface area contributed by atoms with Crippen molar-refractivity contribution in [2.45, 2.75) is 18.9 Å². The number of rotatable bonds is 5. The Morgan fingerprint density at radius 3 is 2.58 bits per heavy atom. The van der Waals surface area contributed by atoms with Crippen molar-refractivity contribution in [2.24, 2.45) is 0 Å². The van der Waals surface area contributed by atoms with E-state index >= 15 is 0 Å². The highest BCUT2D eigenvalue weighted by Crippen LogP contribution is 2.12. The van der Waals surface area contributed by atoms with E-state index in [4.69, 9.17) is 0 Å². The quantitative estimate of drug-likeness (QED) is 0.896. The molecule has 19 heavy (non-hydrogen) atoms. The van der Waals surface area contributed by atoms with Crippen molar-refractivity contribution in [1.82, 2.24) is 10.3 Å². The average molecular weight is 262 g/mol. The second-order valence-corrected chi connectivity index (χ2v) is 4.46. The van der Waals surface area contributed by atoms with Gasteiger partial charge in [0, 0.05) is 24.4 Å². The molecule has 0 bridgehead atoms. The predicted octanol–water partition coefficient (Wildman–Crippen LogP) is 2.73.